The first-order valence-corrected chi connectivity index (χ1v) is 6.91. The monoisotopic (exact) mass is 383 g/mol. The molecule has 0 aromatic rings. The highest BCUT2D eigenvalue weighted by Crippen LogP contribution is 2.29. The number of methoxy groups -OCH3 is 1. The molecule has 5 nitrogen and oxygen atoms in total. The van der Waals surface area contributed by atoms with Crippen molar-refractivity contribution in [2.75, 3.05) is 40.0 Å². The molecule has 0 aromatic heterocycles. The van der Waals surface area contributed by atoms with Gasteiger partial charge in [0.15, 0.2) is 5.96 Å². The van der Waals surface area contributed by atoms with Gasteiger partial charge in [-0.2, -0.15) is 0 Å². The molecule has 1 N–H and O–H groups in total. The number of hydrogen-bond donors (Lipinski definition) is 1. The minimum atomic E-state index is 0. The lowest BCUT2D eigenvalue weighted by Crippen LogP contribution is -2.52. The predicted octanol–water partition coefficient (Wildman–Crippen LogP) is 1.33. The van der Waals surface area contributed by atoms with Crippen LogP contribution in [0.5, 0.6) is 0 Å². The summed E-state index contributed by atoms with van der Waals surface area (Å²) in [7, 11) is 1.72. The topological polar surface area (TPSA) is 46.1 Å². The molecule has 0 amide bonds. The number of nitrogens with zero attached hydrogens (tertiary/aromatic N) is 2. The molecule has 3 atom stereocenters. The number of aliphatic imine (C=N–C) groups is 1. The summed E-state index contributed by atoms with van der Waals surface area (Å²) < 4.78 is 10.8. The van der Waals surface area contributed by atoms with Crippen molar-refractivity contribution in [1.29, 1.82) is 0 Å². The first kappa shape index (κ1) is 17.0. The van der Waals surface area contributed by atoms with Crippen molar-refractivity contribution < 1.29 is 9.47 Å². The van der Waals surface area contributed by atoms with E-state index in [1.165, 1.54) is 6.42 Å². The second-order valence-corrected chi connectivity index (χ2v) is 5.16. The second kappa shape index (κ2) is 8.26. The van der Waals surface area contributed by atoms with Crippen LogP contribution in [0.3, 0.4) is 0 Å². The lowest BCUT2D eigenvalue weighted by atomic mass is 10.3. The third kappa shape index (κ3) is 5.07. The van der Waals surface area contributed by atoms with E-state index in [-0.39, 0.29) is 30.1 Å². The number of hydrogen-bond acceptors (Lipinski definition) is 3. The van der Waals surface area contributed by atoms with Gasteiger partial charge < -0.3 is 19.7 Å². The van der Waals surface area contributed by atoms with Gasteiger partial charge in [-0.05, 0) is 19.3 Å². The predicted molar refractivity (Wildman–Crippen MR) is 87.3 cm³/mol. The summed E-state index contributed by atoms with van der Waals surface area (Å²) in [6, 6.07) is 0.610. The van der Waals surface area contributed by atoms with E-state index in [1.54, 1.807) is 7.11 Å². The normalized spacial score (nSPS) is 30.8. The van der Waals surface area contributed by atoms with Crippen molar-refractivity contribution in [3.63, 3.8) is 0 Å². The summed E-state index contributed by atoms with van der Waals surface area (Å²) in [5, 5.41) is 3.55. The van der Waals surface area contributed by atoms with Crippen LogP contribution in [0.15, 0.2) is 4.99 Å². The van der Waals surface area contributed by atoms with E-state index in [0.717, 1.165) is 38.1 Å². The van der Waals surface area contributed by atoms with E-state index < -0.39 is 0 Å². The van der Waals surface area contributed by atoms with Gasteiger partial charge in [0.1, 0.15) is 0 Å². The van der Waals surface area contributed by atoms with Gasteiger partial charge in [-0.25, -0.2) is 0 Å². The Morgan fingerprint density at radius 2 is 2.26 bits per heavy atom. The molecule has 1 saturated heterocycles. The fraction of sp³-hybridized carbons (Fsp3) is 0.923. The third-order valence-electron chi connectivity index (χ3n) is 3.52. The highest BCUT2D eigenvalue weighted by molar-refractivity contribution is 14.0. The molecular weight excluding hydrogens is 357 g/mol. The maximum atomic E-state index is 5.67. The Hall–Kier alpha value is -0.0800. The fourth-order valence-electron chi connectivity index (χ4n) is 2.27. The van der Waals surface area contributed by atoms with Crippen LogP contribution in [0.4, 0.5) is 0 Å². The largest absolute Gasteiger partial charge is 0.382 e. The molecule has 3 unspecified atom stereocenters. The summed E-state index contributed by atoms with van der Waals surface area (Å²) >= 11 is 0. The van der Waals surface area contributed by atoms with Gasteiger partial charge in [0.05, 0.1) is 19.3 Å². The summed E-state index contributed by atoms with van der Waals surface area (Å²) in [6.45, 7) is 8.33. The third-order valence-corrected chi connectivity index (χ3v) is 3.52. The number of guanidine groups is 1. The van der Waals surface area contributed by atoms with E-state index in [0.29, 0.717) is 12.6 Å². The van der Waals surface area contributed by atoms with Crippen LogP contribution >= 0.6 is 24.0 Å². The van der Waals surface area contributed by atoms with E-state index in [4.69, 9.17) is 9.47 Å². The fourth-order valence-corrected chi connectivity index (χ4v) is 2.27. The first-order valence-electron chi connectivity index (χ1n) is 6.91. The van der Waals surface area contributed by atoms with E-state index >= 15 is 0 Å². The zero-order valence-electron chi connectivity index (χ0n) is 12.1. The van der Waals surface area contributed by atoms with E-state index in [9.17, 15) is 0 Å². The van der Waals surface area contributed by atoms with Gasteiger partial charge in [-0.1, -0.05) is 6.92 Å². The molecule has 2 fully saturated rings. The zero-order chi connectivity index (χ0) is 13.0. The molecule has 2 rings (SSSR count). The first-order chi connectivity index (χ1) is 8.74. The van der Waals surface area contributed by atoms with Crippen LogP contribution in [0.25, 0.3) is 0 Å². The quantitative estimate of drug-likeness (QED) is 0.452. The van der Waals surface area contributed by atoms with Crippen molar-refractivity contribution in [2.45, 2.75) is 32.4 Å². The highest BCUT2D eigenvalue weighted by Gasteiger charge is 2.35. The molecule has 1 aliphatic heterocycles. The second-order valence-electron chi connectivity index (χ2n) is 5.16. The zero-order valence-corrected chi connectivity index (χ0v) is 14.4. The molecule has 0 radical (unpaired) electrons. The van der Waals surface area contributed by atoms with Crippen LogP contribution in [-0.2, 0) is 9.47 Å². The summed E-state index contributed by atoms with van der Waals surface area (Å²) in [6.07, 6.45) is 1.42. The van der Waals surface area contributed by atoms with Crippen LogP contribution in [0.1, 0.15) is 20.3 Å². The molecule has 0 spiro atoms. The molecule has 1 saturated carbocycles. The SMILES string of the molecule is CCN=C(NC1CC1C)N1CCOC(COC)C1.I. The molecular formula is C13H26IN3O2. The van der Waals surface area contributed by atoms with Gasteiger partial charge in [-0.15, -0.1) is 24.0 Å². The van der Waals surface area contributed by atoms with Crippen molar-refractivity contribution in [3.8, 4) is 0 Å². The molecule has 0 bridgehead atoms. The lowest BCUT2D eigenvalue weighted by Gasteiger charge is -2.35. The van der Waals surface area contributed by atoms with E-state index in [2.05, 4.69) is 29.1 Å². The minimum absolute atomic E-state index is 0. The van der Waals surface area contributed by atoms with Gasteiger partial charge in [0.25, 0.3) is 0 Å². The van der Waals surface area contributed by atoms with Crippen molar-refractivity contribution in [3.05, 3.63) is 0 Å². The number of nitrogens with one attached hydrogen (secondary N) is 1. The highest BCUT2D eigenvalue weighted by atomic mass is 127. The smallest absolute Gasteiger partial charge is 0.194 e. The average molecular weight is 383 g/mol. The van der Waals surface area contributed by atoms with Crippen LogP contribution in [0.2, 0.25) is 0 Å². The minimum Gasteiger partial charge on any atom is -0.382 e. The number of ether oxygens (including phenoxy) is 2. The summed E-state index contributed by atoms with van der Waals surface area (Å²) in [4.78, 5) is 6.89. The average Bonchev–Trinajstić information content (AvgIpc) is 3.05. The molecule has 1 aliphatic carbocycles. The molecule has 6 heteroatoms. The van der Waals surface area contributed by atoms with Crippen LogP contribution < -0.4 is 5.32 Å². The van der Waals surface area contributed by atoms with Crippen LogP contribution in [0, 0.1) is 5.92 Å². The Balaban J connectivity index is 0.00000180. The maximum absolute atomic E-state index is 5.67. The molecule has 1 heterocycles. The number of halogens is 1. The Kier molecular flexibility index (Phi) is 7.38. The molecule has 112 valence electrons. The Morgan fingerprint density at radius 1 is 1.53 bits per heavy atom. The van der Waals surface area contributed by atoms with Gasteiger partial charge in [0, 0.05) is 32.8 Å². The van der Waals surface area contributed by atoms with Gasteiger partial charge in [0.2, 0.25) is 0 Å². The van der Waals surface area contributed by atoms with Gasteiger partial charge in [-0.3, -0.25) is 4.99 Å². The number of morpholine rings is 1. The maximum Gasteiger partial charge on any atom is 0.194 e. The Labute approximate surface area is 133 Å². The summed E-state index contributed by atoms with van der Waals surface area (Å²) in [5.74, 6) is 1.82. The lowest BCUT2D eigenvalue weighted by molar-refractivity contribution is -0.0447. The molecule has 19 heavy (non-hydrogen) atoms. The standard InChI is InChI=1S/C13H25N3O2.HI/c1-4-14-13(15-12-7-10(12)2)16-5-6-18-11(8-16)9-17-3;/h10-12H,4-9H2,1-3H3,(H,14,15);1H. The van der Waals surface area contributed by atoms with Crippen molar-refractivity contribution >= 4 is 29.9 Å². The van der Waals surface area contributed by atoms with Crippen LogP contribution in [-0.4, -0.2) is 63.0 Å². The van der Waals surface area contributed by atoms with E-state index in [1.807, 2.05) is 0 Å². The molecule has 0 aromatic carbocycles. The Bertz CT molecular complexity index is 300. The van der Waals surface area contributed by atoms with Gasteiger partial charge >= 0.3 is 0 Å². The number of rotatable bonds is 4. The molecule has 2 aliphatic rings. The van der Waals surface area contributed by atoms with Crippen molar-refractivity contribution in [1.82, 2.24) is 10.2 Å². The summed E-state index contributed by atoms with van der Waals surface area (Å²) in [5.41, 5.74) is 0. The van der Waals surface area contributed by atoms with Crippen molar-refractivity contribution in [2.24, 2.45) is 10.9 Å². The Morgan fingerprint density at radius 3 is 2.84 bits per heavy atom.